The predicted molar refractivity (Wildman–Crippen MR) is 73.4 cm³/mol. The van der Waals surface area contributed by atoms with Crippen LogP contribution >= 0.6 is 0 Å². The van der Waals surface area contributed by atoms with Crippen molar-refractivity contribution in [3.8, 4) is 5.75 Å². The van der Waals surface area contributed by atoms with E-state index in [-0.39, 0.29) is 0 Å². The summed E-state index contributed by atoms with van der Waals surface area (Å²) in [6, 6.07) is 11.2. The number of nitrogens with one attached hydrogen (secondary N) is 1. The number of aromatic hydroxyl groups is 1. The van der Waals surface area contributed by atoms with Gasteiger partial charge in [0.05, 0.1) is 10.6 Å². The fraction of sp³-hybridized carbons (Fsp3) is 0. The van der Waals surface area contributed by atoms with Crippen molar-refractivity contribution in [2.45, 2.75) is 4.90 Å². The third-order valence-corrected chi connectivity index (χ3v) is 3.37. The lowest BCUT2D eigenvalue weighted by Crippen LogP contribution is -2.12. The first-order valence-corrected chi connectivity index (χ1v) is 7.14. The van der Waals surface area contributed by atoms with Crippen LogP contribution in [0.1, 0.15) is 10.4 Å². The summed E-state index contributed by atoms with van der Waals surface area (Å²) in [5, 5.41) is 9.56. The molecule has 110 valence electrons. The smallest absolute Gasteiger partial charge is 0.366 e. The van der Waals surface area contributed by atoms with E-state index >= 15 is 0 Å². The molecular formula is C13H11NO6S. The van der Waals surface area contributed by atoms with E-state index in [1.54, 1.807) is 30.3 Å². The van der Waals surface area contributed by atoms with E-state index in [9.17, 15) is 18.3 Å². The van der Waals surface area contributed by atoms with Crippen LogP contribution in [-0.4, -0.2) is 24.0 Å². The average molecular weight is 309 g/mol. The van der Waals surface area contributed by atoms with Gasteiger partial charge in [-0.3, -0.25) is 4.55 Å². The third kappa shape index (κ3) is 3.71. The number of carbonyl (C=O) groups excluding carboxylic acids is 1. The standard InChI is InChI=1S/C13H11NO6S/c15-12-7-6-10(21(17,18)19)8-11(12)13(16)20-14-9-4-2-1-3-5-9/h1-8,14-15H,(H,17,18,19). The van der Waals surface area contributed by atoms with Gasteiger partial charge >= 0.3 is 5.97 Å². The number of hydrogen-bond acceptors (Lipinski definition) is 6. The van der Waals surface area contributed by atoms with E-state index in [0.717, 1.165) is 18.2 Å². The van der Waals surface area contributed by atoms with Crippen molar-refractivity contribution in [3.05, 3.63) is 54.1 Å². The quantitative estimate of drug-likeness (QED) is 0.583. The van der Waals surface area contributed by atoms with Crippen LogP contribution in [0.15, 0.2) is 53.4 Å². The number of benzene rings is 2. The van der Waals surface area contributed by atoms with Gasteiger partial charge in [0.15, 0.2) is 0 Å². The van der Waals surface area contributed by atoms with Crippen molar-refractivity contribution in [2.75, 3.05) is 5.48 Å². The van der Waals surface area contributed by atoms with Crippen molar-refractivity contribution in [3.63, 3.8) is 0 Å². The van der Waals surface area contributed by atoms with Crippen LogP contribution in [0.5, 0.6) is 5.75 Å². The number of anilines is 1. The summed E-state index contributed by atoms with van der Waals surface area (Å²) in [5.41, 5.74) is 2.46. The maximum Gasteiger partial charge on any atom is 0.366 e. The van der Waals surface area contributed by atoms with Crippen molar-refractivity contribution >= 4 is 21.8 Å². The normalized spacial score (nSPS) is 10.9. The fourth-order valence-electron chi connectivity index (χ4n) is 1.51. The second-order valence-electron chi connectivity index (χ2n) is 4.01. The molecule has 0 aromatic heterocycles. The molecule has 2 aromatic rings. The minimum atomic E-state index is -4.48. The number of phenolic OH excluding ortho intramolecular Hbond substituents is 1. The van der Waals surface area contributed by atoms with E-state index in [0.29, 0.717) is 5.69 Å². The highest BCUT2D eigenvalue weighted by Crippen LogP contribution is 2.22. The van der Waals surface area contributed by atoms with Crippen LogP contribution in [0.4, 0.5) is 5.69 Å². The van der Waals surface area contributed by atoms with Gasteiger partial charge in [0, 0.05) is 0 Å². The second kappa shape index (κ2) is 5.81. The summed E-state index contributed by atoms with van der Waals surface area (Å²) < 4.78 is 30.9. The van der Waals surface area contributed by atoms with Gasteiger partial charge in [-0.25, -0.2) is 10.3 Å². The topological polar surface area (TPSA) is 113 Å². The molecule has 21 heavy (non-hydrogen) atoms. The molecular weight excluding hydrogens is 298 g/mol. The highest BCUT2D eigenvalue weighted by atomic mass is 32.2. The molecule has 0 aliphatic heterocycles. The first-order chi connectivity index (χ1) is 9.88. The lowest BCUT2D eigenvalue weighted by molar-refractivity contribution is 0.0593. The Balaban J connectivity index is 2.19. The summed E-state index contributed by atoms with van der Waals surface area (Å²) >= 11 is 0. The molecule has 0 saturated carbocycles. The Morgan fingerprint density at radius 3 is 2.38 bits per heavy atom. The van der Waals surface area contributed by atoms with Crippen molar-refractivity contribution in [2.24, 2.45) is 0 Å². The average Bonchev–Trinajstić information content (AvgIpc) is 2.45. The Morgan fingerprint density at radius 2 is 1.76 bits per heavy atom. The highest BCUT2D eigenvalue weighted by Gasteiger charge is 2.18. The number of para-hydroxylation sites is 1. The maximum absolute atomic E-state index is 11.8. The zero-order valence-electron chi connectivity index (χ0n) is 10.6. The summed E-state index contributed by atoms with van der Waals surface area (Å²) in [5.74, 6) is -1.47. The zero-order valence-corrected chi connectivity index (χ0v) is 11.4. The molecule has 0 bridgehead atoms. The molecule has 2 aromatic carbocycles. The first-order valence-electron chi connectivity index (χ1n) is 5.70. The fourth-order valence-corrected chi connectivity index (χ4v) is 2.01. The van der Waals surface area contributed by atoms with Crippen LogP contribution in [0.25, 0.3) is 0 Å². The molecule has 0 fully saturated rings. The van der Waals surface area contributed by atoms with Gasteiger partial charge in [-0.2, -0.15) is 8.42 Å². The molecule has 0 radical (unpaired) electrons. The number of carbonyl (C=O) groups is 1. The lowest BCUT2D eigenvalue weighted by Gasteiger charge is -2.08. The van der Waals surface area contributed by atoms with E-state index in [2.05, 4.69) is 5.48 Å². The van der Waals surface area contributed by atoms with E-state index in [1.807, 2.05) is 0 Å². The van der Waals surface area contributed by atoms with Gasteiger partial charge < -0.3 is 9.94 Å². The minimum Gasteiger partial charge on any atom is -0.507 e. The Hall–Kier alpha value is -2.58. The van der Waals surface area contributed by atoms with E-state index < -0.39 is 32.3 Å². The monoisotopic (exact) mass is 309 g/mol. The second-order valence-corrected chi connectivity index (χ2v) is 5.43. The molecule has 3 N–H and O–H groups in total. The van der Waals surface area contributed by atoms with Crippen molar-refractivity contribution in [1.82, 2.24) is 0 Å². The largest absolute Gasteiger partial charge is 0.507 e. The molecule has 7 nitrogen and oxygen atoms in total. The van der Waals surface area contributed by atoms with Gasteiger partial charge in [-0.15, -0.1) is 0 Å². The van der Waals surface area contributed by atoms with Crippen molar-refractivity contribution in [1.29, 1.82) is 0 Å². The summed E-state index contributed by atoms with van der Waals surface area (Å²) in [4.78, 5) is 16.0. The molecule has 0 aliphatic rings. The Kier molecular flexibility index (Phi) is 4.10. The van der Waals surface area contributed by atoms with Crippen LogP contribution in [0, 0.1) is 0 Å². The van der Waals surface area contributed by atoms with Crippen LogP contribution in [0.2, 0.25) is 0 Å². The minimum absolute atomic E-state index is 0.395. The molecule has 0 spiro atoms. The number of rotatable bonds is 4. The predicted octanol–water partition coefficient (Wildman–Crippen LogP) is 1.82. The van der Waals surface area contributed by atoms with Gasteiger partial charge in [0.1, 0.15) is 11.3 Å². The molecule has 8 heteroatoms. The molecule has 0 aliphatic carbocycles. The SMILES string of the molecule is O=C(ONc1ccccc1)c1cc(S(=O)(=O)O)ccc1O. The molecule has 0 saturated heterocycles. The molecule has 2 rings (SSSR count). The van der Waals surface area contributed by atoms with E-state index in [4.69, 9.17) is 9.39 Å². The Morgan fingerprint density at radius 1 is 1.10 bits per heavy atom. The van der Waals surface area contributed by atoms with Crippen LogP contribution in [0.3, 0.4) is 0 Å². The first kappa shape index (κ1) is 14.8. The van der Waals surface area contributed by atoms with Crippen molar-refractivity contribution < 1.29 is 27.7 Å². The van der Waals surface area contributed by atoms with Gasteiger partial charge in [0.25, 0.3) is 10.1 Å². The Labute approximate surface area is 120 Å². The van der Waals surface area contributed by atoms with Crippen LogP contribution < -0.4 is 5.48 Å². The van der Waals surface area contributed by atoms with Gasteiger partial charge in [0.2, 0.25) is 0 Å². The highest BCUT2D eigenvalue weighted by molar-refractivity contribution is 7.85. The molecule has 0 heterocycles. The van der Waals surface area contributed by atoms with E-state index in [1.165, 1.54) is 0 Å². The molecule has 0 atom stereocenters. The Bertz CT molecular complexity index is 757. The number of phenols is 1. The van der Waals surface area contributed by atoms with Gasteiger partial charge in [-0.1, -0.05) is 18.2 Å². The molecule has 0 unspecified atom stereocenters. The third-order valence-electron chi connectivity index (χ3n) is 2.52. The summed E-state index contributed by atoms with van der Waals surface area (Å²) in [6.45, 7) is 0. The molecule has 0 amide bonds. The van der Waals surface area contributed by atoms with Crippen LogP contribution in [-0.2, 0) is 15.0 Å². The zero-order chi connectivity index (χ0) is 15.5. The maximum atomic E-state index is 11.8. The lowest BCUT2D eigenvalue weighted by atomic mass is 10.2. The number of hydrogen-bond donors (Lipinski definition) is 3. The summed E-state index contributed by atoms with van der Waals surface area (Å²) in [6.07, 6.45) is 0. The van der Waals surface area contributed by atoms with Gasteiger partial charge in [-0.05, 0) is 30.3 Å². The summed E-state index contributed by atoms with van der Waals surface area (Å²) in [7, 11) is -4.48.